The summed E-state index contributed by atoms with van der Waals surface area (Å²) in [4.78, 5) is 22.6. The molecule has 4 aromatic rings. The molecule has 0 aliphatic carbocycles. The summed E-state index contributed by atoms with van der Waals surface area (Å²) in [5.41, 5.74) is 4.47. The molecule has 1 N–H and O–H groups in total. The van der Waals surface area contributed by atoms with Gasteiger partial charge in [0.15, 0.2) is 0 Å². The summed E-state index contributed by atoms with van der Waals surface area (Å²) < 4.78 is 7.47. The summed E-state index contributed by atoms with van der Waals surface area (Å²) in [5.74, 6) is 1.40. The monoisotopic (exact) mass is 469 g/mol. The van der Waals surface area contributed by atoms with Crippen molar-refractivity contribution >= 4 is 28.3 Å². The Labute approximate surface area is 205 Å². The van der Waals surface area contributed by atoms with Crippen molar-refractivity contribution in [3.05, 3.63) is 84.2 Å². The molecule has 1 aliphatic rings. The molecule has 1 amide bonds. The number of benzene rings is 3. The summed E-state index contributed by atoms with van der Waals surface area (Å²) in [5, 5.41) is 2.97. The van der Waals surface area contributed by atoms with Gasteiger partial charge in [-0.15, -0.1) is 0 Å². The number of imidazole rings is 1. The van der Waals surface area contributed by atoms with Gasteiger partial charge in [-0.1, -0.05) is 30.3 Å². The Morgan fingerprint density at radius 2 is 1.71 bits per heavy atom. The highest BCUT2D eigenvalue weighted by molar-refractivity contribution is 6.06. The van der Waals surface area contributed by atoms with E-state index in [0.29, 0.717) is 11.3 Å². The number of carbonyl (C=O) groups is 1. The van der Waals surface area contributed by atoms with E-state index in [9.17, 15) is 4.79 Å². The second kappa shape index (κ2) is 10.2. The molecule has 7 nitrogen and oxygen atoms in total. The summed E-state index contributed by atoms with van der Waals surface area (Å²) in [6.45, 7) is 5.18. The zero-order valence-corrected chi connectivity index (χ0v) is 20.3. The topological polar surface area (TPSA) is 62.6 Å². The normalized spacial score (nSPS) is 14.3. The first kappa shape index (κ1) is 22.9. The second-order valence-electron chi connectivity index (χ2n) is 8.86. The van der Waals surface area contributed by atoms with Gasteiger partial charge in [0, 0.05) is 57.6 Å². The molecule has 0 spiro atoms. The Morgan fingerprint density at radius 1 is 0.971 bits per heavy atom. The number of para-hydroxylation sites is 2. The smallest absolute Gasteiger partial charge is 0.259 e. The van der Waals surface area contributed by atoms with Crippen molar-refractivity contribution in [2.45, 2.75) is 6.42 Å². The van der Waals surface area contributed by atoms with E-state index in [0.717, 1.165) is 61.7 Å². The van der Waals surface area contributed by atoms with Crippen LogP contribution in [-0.4, -0.2) is 60.2 Å². The number of nitrogens with one attached hydrogen (secondary N) is 1. The van der Waals surface area contributed by atoms with Gasteiger partial charge in [-0.05, 0) is 42.5 Å². The summed E-state index contributed by atoms with van der Waals surface area (Å²) in [6.07, 6.45) is 0.888. The fraction of sp³-hybridized carbons (Fsp3) is 0.286. The number of fused-ring (bicyclic) bond motifs is 1. The van der Waals surface area contributed by atoms with Crippen molar-refractivity contribution in [1.82, 2.24) is 14.5 Å². The minimum atomic E-state index is -0.201. The first-order valence-corrected chi connectivity index (χ1v) is 12.0. The van der Waals surface area contributed by atoms with E-state index in [2.05, 4.69) is 57.1 Å². The second-order valence-corrected chi connectivity index (χ2v) is 8.86. The highest BCUT2D eigenvalue weighted by atomic mass is 16.5. The Balaban J connectivity index is 1.22. The van der Waals surface area contributed by atoms with Crippen LogP contribution in [0.4, 0.5) is 11.4 Å². The highest BCUT2D eigenvalue weighted by Crippen LogP contribution is 2.23. The highest BCUT2D eigenvalue weighted by Gasteiger charge is 2.18. The van der Waals surface area contributed by atoms with E-state index < -0.39 is 0 Å². The molecule has 1 aromatic heterocycles. The molecular weight excluding hydrogens is 438 g/mol. The van der Waals surface area contributed by atoms with E-state index in [1.165, 1.54) is 5.69 Å². The van der Waals surface area contributed by atoms with Crippen molar-refractivity contribution in [2.24, 2.45) is 7.05 Å². The molecule has 5 rings (SSSR count). The van der Waals surface area contributed by atoms with Gasteiger partial charge in [-0.2, -0.15) is 0 Å². The number of rotatable bonds is 7. The molecule has 0 bridgehead atoms. The van der Waals surface area contributed by atoms with Crippen molar-refractivity contribution in [1.29, 1.82) is 0 Å². The van der Waals surface area contributed by atoms with Crippen molar-refractivity contribution in [3.8, 4) is 5.75 Å². The largest absolute Gasteiger partial charge is 0.496 e. The predicted molar refractivity (Wildman–Crippen MR) is 140 cm³/mol. The number of nitrogens with zero attached hydrogens (tertiary/aromatic N) is 4. The molecule has 0 unspecified atom stereocenters. The zero-order chi connectivity index (χ0) is 24.2. The van der Waals surface area contributed by atoms with Crippen LogP contribution in [0.15, 0.2) is 72.8 Å². The Morgan fingerprint density at radius 3 is 2.49 bits per heavy atom. The average molecular weight is 470 g/mol. The van der Waals surface area contributed by atoms with E-state index >= 15 is 0 Å². The number of piperazine rings is 1. The minimum Gasteiger partial charge on any atom is -0.496 e. The standard InChI is InChI=1S/C28H31N5O2/c1-31-25-13-12-21(29-28(34)23-10-6-7-11-26(23)35-2)20-24(25)30-27(31)14-15-32-16-18-33(19-17-32)22-8-4-3-5-9-22/h3-13,20H,14-19H2,1-2H3,(H,29,34). The maximum atomic E-state index is 12.8. The van der Waals surface area contributed by atoms with Gasteiger partial charge in [0.1, 0.15) is 11.6 Å². The van der Waals surface area contributed by atoms with Crippen LogP contribution in [0.25, 0.3) is 11.0 Å². The lowest BCUT2D eigenvalue weighted by Crippen LogP contribution is -2.47. The predicted octanol–water partition coefficient (Wildman–Crippen LogP) is 4.20. The summed E-state index contributed by atoms with van der Waals surface area (Å²) in [6, 6.07) is 23.7. The number of ether oxygens (including phenoxy) is 1. The molecule has 0 radical (unpaired) electrons. The van der Waals surface area contributed by atoms with Crippen molar-refractivity contribution < 1.29 is 9.53 Å². The van der Waals surface area contributed by atoms with E-state index in [4.69, 9.17) is 9.72 Å². The van der Waals surface area contributed by atoms with Crippen LogP contribution in [0.3, 0.4) is 0 Å². The molecule has 0 atom stereocenters. The average Bonchev–Trinajstić information content (AvgIpc) is 3.22. The molecule has 3 aromatic carbocycles. The Bertz CT molecular complexity index is 1310. The third kappa shape index (κ3) is 5.00. The first-order valence-electron chi connectivity index (χ1n) is 12.0. The van der Waals surface area contributed by atoms with Gasteiger partial charge in [-0.25, -0.2) is 4.98 Å². The van der Waals surface area contributed by atoms with Crippen LogP contribution in [0.1, 0.15) is 16.2 Å². The number of carbonyl (C=O) groups excluding carboxylic acids is 1. The van der Waals surface area contributed by atoms with Gasteiger partial charge in [0.25, 0.3) is 5.91 Å². The number of hydrogen-bond acceptors (Lipinski definition) is 5. The quantitative estimate of drug-likeness (QED) is 0.440. The van der Waals surface area contributed by atoms with Crippen LogP contribution in [0.2, 0.25) is 0 Å². The molecule has 2 heterocycles. The minimum absolute atomic E-state index is 0.201. The van der Waals surface area contributed by atoms with Crippen molar-refractivity contribution in [2.75, 3.05) is 50.1 Å². The van der Waals surface area contributed by atoms with Gasteiger partial charge in [0.05, 0.1) is 23.7 Å². The van der Waals surface area contributed by atoms with Crippen LogP contribution in [0, 0.1) is 0 Å². The summed E-state index contributed by atoms with van der Waals surface area (Å²) in [7, 11) is 3.63. The number of aromatic nitrogens is 2. The number of anilines is 2. The number of amides is 1. The van der Waals surface area contributed by atoms with E-state index in [1.807, 2.05) is 30.3 Å². The lowest BCUT2D eigenvalue weighted by molar-refractivity contribution is 0.102. The first-order chi connectivity index (χ1) is 17.1. The molecule has 1 saturated heterocycles. The number of hydrogen-bond donors (Lipinski definition) is 1. The van der Waals surface area contributed by atoms with Gasteiger partial charge >= 0.3 is 0 Å². The molecule has 35 heavy (non-hydrogen) atoms. The van der Waals surface area contributed by atoms with E-state index in [-0.39, 0.29) is 5.91 Å². The third-order valence-electron chi connectivity index (χ3n) is 6.73. The third-order valence-corrected chi connectivity index (χ3v) is 6.73. The van der Waals surface area contributed by atoms with Crippen LogP contribution >= 0.6 is 0 Å². The van der Waals surface area contributed by atoms with Gasteiger partial charge in [-0.3, -0.25) is 9.69 Å². The Kier molecular flexibility index (Phi) is 6.68. The molecule has 1 fully saturated rings. The van der Waals surface area contributed by atoms with Crippen LogP contribution in [0.5, 0.6) is 5.75 Å². The molecule has 180 valence electrons. The fourth-order valence-corrected chi connectivity index (χ4v) is 4.71. The fourth-order valence-electron chi connectivity index (χ4n) is 4.71. The summed E-state index contributed by atoms with van der Waals surface area (Å²) >= 11 is 0. The number of methoxy groups -OCH3 is 1. The molecule has 1 aliphatic heterocycles. The Hall–Kier alpha value is -3.84. The van der Waals surface area contributed by atoms with E-state index in [1.54, 1.807) is 19.2 Å². The molecule has 7 heteroatoms. The molecular formula is C28H31N5O2. The maximum Gasteiger partial charge on any atom is 0.259 e. The molecule has 0 saturated carbocycles. The van der Waals surface area contributed by atoms with Crippen LogP contribution < -0.4 is 15.0 Å². The lowest BCUT2D eigenvalue weighted by atomic mass is 10.2. The number of aryl methyl sites for hydroxylation is 1. The lowest BCUT2D eigenvalue weighted by Gasteiger charge is -2.36. The zero-order valence-electron chi connectivity index (χ0n) is 20.3. The van der Waals surface area contributed by atoms with Gasteiger partial charge in [0.2, 0.25) is 0 Å². The maximum absolute atomic E-state index is 12.8. The van der Waals surface area contributed by atoms with Gasteiger partial charge < -0.3 is 19.5 Å². The van der Waals surface area contributed by atoms with Crippen LogP contribution in [-0.2, 0) is 13.5 Å². The SMILES string of the molecule is COc1ccccc1C(=O)Nc1ccc2c(c1)nc(CCN1CCN(c3ccccc3)CC1)n2C. The van der Waals surface area contributed by atoms with Crippen molar-refractivity contribution in [3.63, 3.8) is 0 Å².